The molecule has 0 aliphatic rings. The SMILES string of the molecule is Cc1cc(C)c(C(C)(C)CNCBr)c(C)c1. The van der Waals surface area contributed by atoms with Gasteiger partial charge in [0.1, 0.15) is 0 Å². The zero-order chi connectivity index (χ0) is 12.3. The van der Waals surface area contributed by atoms with Crippen molar-refractivity contribution in [3.63, 3.8) is 0 Å². The summed E-state index contributed by atoms with van der Waals surface area (Å²) in [6, 6.07) is 4.55. The van der Waals surface area contributed by atoms with Gasteiger partial charge in [-0.1, -0.05) is 47.5 Å². The van der Waals surface area contributed by atoms with E-state index in [1.54, 1.807) is 0 Å². The Bertz CT molecular complexity index is 346. The van der Waals surface area contributed by atoms with Gasteiger partial charge in [-0.3, -0.25) is 0 Å². The fourth-order valence-corrected chi connectivity index (χ4v) is 2.89. The minimum absolute atomic E-state index is 0.176. The van der Waals surface area contributed by atoms with Gasteiger partial charge in [0, 0.05) is 12.0 Å². The Morgan fingerprint density at radius 1 is 1.12 bits per heavy atom. The molecule has 0 unspecified atom stereocenters. The lowest BCUT2D eigenvalue weighted by Gasteiger charge is -2.29. The van der Waals surface area contributed by atoms with Crippen molar-refractivity contribution in [2.24, 2.45) is 0 Å². The van der Waals surface area contributed by atoms with Crippen LogP contribution in [0.4, 0.5) is 0 Å². The molecule has 0 aliphatic carbocycles. The predicted octanol–water partition coefficient (Wildman–Crippen LogP) is 3.83. The number of rotatable bonds is 4. The van der Waals surface area contributed by atoms with Crippen LogP contribution in [0.3, 0.4) is 0 Å². The smallest absolute Gasteiger partial charge is 0.0517 e. The third kappa shape index (κ3) is 3.08. The molecule has 0 fully saturated rings. The van der Waals surface area contributed by atoms with Crippen molar-refractivity contribution in [2.45, 2.75) is 40.0 Å². The standard InChI is InChI=1S/C14H22BrN/c1-10-6-11(2)13(12(3)7-10)14(4,5)8-16-9-15/h6-7,16H,8-9H2,1-5H3. The second kappa shape index (κ2) is 5.33. The topological polar surface area (TPSA) is 12.0 Å². The molecule has 0 amide bonds. The number of benzene rings is 1. The van der Waals surface area contributed by atoms with Crippen molar-refractivity contribution < 1.29 is 0 Å². The maximum atomic E-state index is 3.41. The molecule has 90 valence electrons. The Balaban J connectivity index is 3.11. The van der Waals surface area contributed by atoms with E-state index in [0.29, 0.717) is 0 Å². The van der Waals surface area contributed by atoms with Crippen molar-refractivity contribution >= 4 is 15.9 Å². The van der Waals surface area contributed by atoms with Crippen LogP contribution in [0.2, 0.25) is 0 Å². The largest absolute Gasteiger partial charge is 0.306 e. The molecule has 0 aromatic heterocycles. The monoisotopic (exact) mass is 283 g/mol. The first-order chi connectivity index (χ1) is 7.38. The molecule has 2 heteroatoms. The number of alkyl halides is 1. The molecule has 0 radical (unpaired) electrons. The minimum Gasteiger partial charge on any atom is -0.306 e. The molecular formula is C14H22BrN. The third-order valence-electron chi connectivity index (χ3n) is 3.02. The number of aryl methyl sites for hydroxylation is 3. The molecule has 0 bridgehead atoms. The lowest BCUT2D eigenvalue weighted by atomic mass is 9.79. The first-order valence-electron chi connectivity index (χ1n) is 5.73. The van der Waals surface area contributed by atoms with Crippen molar-refractivity contribution in [3.05, 3.63) is 34.4 Å². The van der Waals surface area contributed by atoms with Crippen molar-refractivity contribution in [2.75, 3.05) is 12.0 Å². The van der Waals surface area contributed by atoms with Crippen molar-refractivity contribution in [1.29, 1.82) is 0 Å². The quantitative estimate of drug-likeness (QED) is 0.654. The zero-order valence-corrected chi connectivity index (χ0v) is 12.5. The van der Waals surface area contributed by atoms with Gasteiger partial charge in [0.25, 0.3) is 0 Å². The van der Waals surface area contributed by atoms with E-state index in [0.717, 1.165) is 12.0 Å². The second-order valence-electron chi connectivity index (χ2n) is 5.22. The number of hydrogen-bond donors (Lipinski definition) is 1. The van der Waals surface area contributed by atoms with Gasteiger partial charge >= 0.3 is 0 Å². The highest BCUT2D eigenvalue weighted by atomic mass is 79.9. The van der Waals surface area contributed by atoms with E-state index in [1.165, 1.54) is 22.3 Å². The molecule has 0 atom stereocenters. The fourth-order valence-electron chi connectivity index (χ4n) is 2.70. The second-order valence-corrected chi connectivity index (χ2v) is 5.78. The number of nitrogens with one attached hydrogen (secondary N) is 1. The van der Waals surface area contributed by atoms with Gasteiger partial charge < -0.3 is 5.32 Å². The molecule has 1 aromatic carbocycles. The Morgan fingerprint density at radius 3 is 2.06 bits per heavy atom. The maximum Gasteiger partial charge on any atom is 0.0517 e. The minimum atomic E-state index is 0.176. The number of halogens is 1. The first-order valence-corrected chi connectivity index (χ1v) is 6.85. The van der Waals surface area contributed by atoms with Gasteiger partial charge in [-0.05, 0) is 37.5 Å². The van der Waals surface area contributed by atoms with Crippen molar-refractivity contribution in [3.8, 4) is 0 Å². The van der Waals surface area contributed by atoms with E-state index in [2.05, 4.69) is 68.0 Å². The van der Waals surface area contributed by atoms with Gasteiger partial charge in [0.05, 0.1) is 5.45 Å². The van der Waals surface area contributed by atoms with Crippen LogP contribution in [0.25, 0.3) is 0 Å². The normalized spacial score (nSPS) is 11.9. The summed E-state index contributed by atoms with van der Waals surface area (Å²) in [6.07, 6.45) is 0. The van der Waals surface area contributed by atoms with E-state index >= 15 is 0 Å². The first kappa shape index (κ1) is 13.7. The molecule has 1 nitrogen and oxygen atoms in total. The highest BCUT2D eigenvalue weighted by Gasteiger charge is 2.23. The van der Waals surface area contributed by atoms with E-state index in [-0.39, 0.29) is 5.41 Å². The van der Waals surface area contributed by atoms with Gasteiger partial charge in [0.15, 0.2) is 0 Å². The van der Waals surface area contributed by atoms with Crippen LogP contribution in [-0.4, -0.2) is 12.0 Å². The van der Waals surface area contributed by atoms with Crippen LogP contribution >= 0.6 is 15.9 Å². The van der Waals surface area contributed by atoms with Crippen LogP contribution in [0.5, 0.6) is 0 Å². The van der Waals surface area contributed by atoms with Crippen LogP contribution in [0, 0.1) is 20.8 Å². The summed E-state index contributed by atoms with van der Waals surface area (Å²) in [6.45, 7) is 12.2. The Morgan fingerprint density at radius 2 is 1.62 bits per heavy atom. The summed E-state index contributed by atoms with van der Waals surface area (Å²) in [5.41, 5.74) is 6.66. The molecule has 0 saturated heterocycles. The molecule has 16 heavy (non-hydrogen) atoms. The Hall–Kier alpha value is -0.340. The van der Waals surface area contributed by atoms with Gasteiger partial charge in [0.2, 0.25) is 0 Å². The zero-order valence-electron chi connectivity index (χ0n) is 10.9. The van der Waals surface area contributed by atoms with E-state index in [9.17, 15) is 0 Å². The Labute approximate surface area is 108 Å². The van der Waals surface area contributed by atoms with E-state index in [1.807, 2.05) is 0 Å². The maximum absolute atomic E-state index is 3.41. The van der Waals surface area contributed by atoms with Crippen molar-refractivity contribution in [1.82, 2.24) is 5.32 Å². The third-order valence-corrected chi connectivity index (χ3v) is 3.41. The van der Waals surface area contributed by atoms with Gasteiger partial charge in [-0.2, -0.15) is 0 Å². The van der Waals surface area contributed by atoms with Crippen LogP contribution in [0.1, 0.15) is 36.1 Å². The van der Waals surface area contributed by atoms with Crippen LogP contribution in [0.15, 0.2) is 12.1 Å². The summed E-state index contributed by atoms with van der Waals surface area (Å²) in [4.78, 5) is 0. The highest BCUT2D eigenvalue weighted by molar-refractivity contribution is 9.09. The summed E-state index contributed by atoms with van der Waals surface area (Å²) < 4.78 is 0. The molecular weight excluding hydrogens is 262 g/mol. The average molecular weight is 284 g/mol. The summed E-state index contributed by atoms with van der Waals surface area (Å²) in [7, 11) is 0. The summed E-state index contributed by atoms with van der Waals surface area (Å²) >= 11 is 3.41. The Kier molecular flexibility index (Phi) is 4.57. The molecule has 1 N–H and O–H groups in total. The predicted molar refractivity (Wildman–Crippen MR) is 75.5 cm³/mol. The molecule has 1 rings (SSSR count). The lowest BCUT2D eigenvalue weighted by Crippen LogP contribution is -2.33. The average Bonchev–Trinajstić information content (AvgIpc) is 2.12. The van der Waals surface area contributed by atoms with Gasteiger partial charge in [-0.15, -0.1) is 0 Å². The lowest BCUT2D eigenvalue weighted by molar-refractivity contribution is 0.486. The summed E-state index contributed by atoms with van der Waals surface area (Å²) in [5.74, 6) is 0. The van der Waals surface area contributed by atoms with E-state index < -0.39 is 0 Å². The van der Waals surface area contributed by atoms with Crippen LogP contribution < -0.4 is 5.32 Å². The summed E-state index contributed by atoms with van der Waals surface area (Å²) in [5, 5.41) is 3.37. The molecule has 0 spiro atoms. The van der Waals surface area contributed by atoms with Crippen LogP contribution in [-0.2, 0) is 5.41 Å². The molecule has 0 aliphatic heterocycles. The van der Waals surface area contributed by atoms with Gasteiger partial charge in [-0.25, -0.2) is 0 Å². The number of hydrogen-bond acceptors (Lipinski definition) is 1. The molecule has 0 heterocycles. The fraction of sp³-hybridized carbons (Fsp3) is 0.571. The highest BCUT2D eigenvalue weighted by Crippen LogP contribution is 2.29. The van der Waals surface area contributed by atoms with E-state index in [4.69, 9.17) is 0 Å². The molecule has 1 aromatic rings. The molecule has 0 saturated carbocycles.